The lowest BCUT2D eigenvalue weighted by atomic mass is 10.0. The number of benzene rings is 1. The van der Waals surface area contributed by atoms with E-state index in [9.17, 15) is 9.59 Å². The van der Waals surface area contributed by atoms with E-state index in [0.717, 1.165) is 30.2 Å². The predicted octanol–water partition coefficient (Wildman–Crippen LogP) is 3.51. The number of hydrogen-bond donors (Lipinski definition) is 0. The van der Waals surface area contributed by atoms with Crippen molar-refractivity contribution in [1.82, 2.24) is 9.88 Å². The van der Waals surface area contributed by atoms with E-state index in [1.54, 1.807) is 12.0 Å². The van der Waals surface area contributed by atoms with Crippen molar-refractivity contribution in [2.45, 2.75) is 38.6 Å². The lowest BCUT2D eigenvalue weighted by Crippen LogP contribution is -2.49. The molecule has 8 nitrogen and oxygen atoms in total. The molecule has 2 aromatic rings. The molecule has 0 radical (unpaired) electrons. The Balaban J connectivity index is 1.24. The Morgan fingerprint density at radius 1 is 1.12 bits per heavy atom. The maximum absolute atomic E-state index is 13.3. The standard InChI is InChI=1S/C26H32N4O4/c1-17-13-21(30-22(15-33-3)16-34-26(30)32)6-7-23(17)25(31)29-10-8-28(9-11-29)24-18(2)12-20(14-27-24)19-4-5-19/h6-7,12-14,19,22H,4-5,8-11,15-16H2,1-3H3/t22-/m1/s1. The van der Waals surface area contributed by atoms with Crippen LogP contribution in [0.25, 0.3) is 0 Å². The summed E-state index contributed by atoms with van der Waals surface area (Å²) in [5.74, 6) is 1.75. The van der Waals surface area contributed by atoms with Gasteiger partial charge in [0.05, 0.1) is 12.6 Å². The molecule has 1 aliphatic carbocycles. The molecule has 1 aromatic carbocycles. The number of anilines is 2. The third kappa shape index (κ3) is 4.34. The molecule has 1 atom stereocenters. The number of pyridine rings is 1. The van der Waals surface area contributed by atoms with Gasteiger partial charge in [-0.15, -0.1) is 0 Å². The van der Waals surface area contributed by atoms with Crippen molar-refractivity contribution >= 4 is 23.5 Å². The molecule has 34 heavy (non-hydrogen) atoms. The monoisotopic (exact) mass is 464 g/mol. The van der Waals surface area contributed by atoms with Crippen LogP contribution in [0.4, 0.5) is 16.3 Å². The van der Waals surface area contributed by atoms with Crippen LogP contribution in [0, 0.1) is 13.8 Å². The van der Waals surface area contributed by atoms with Crippen molar-refractivity contribution in [2.24, 2.45) is 0 Å². The lowest BCUT2D eigenvalue weighted by Gasteiger charge is -2.36. The van der Waals surface area contributed by atoms with Crippen LogP contribution in [0.15, 0.2) is 30.5 Å². The summed E-state index contributed by atoms with van der Waals surface area (Å²) in [5.41, 5.74) is 4.79. The fraction of sp³-hybridized carbons (Fsp3) is 0.500. The summed E-state index contributed by atoms with van der Waals surface area (Å²) in [6, 6.07) is 7.63. The first-order chi connectivity index (χ1) is 16.5. The number of carbonyl (C=O) groups is 2. The highest BCUT2D eigenvalue weighted by atomic mass is 16.6. The van der Waals surface area contributed by atoms with Crippen LogP contribution in [0.2, 0.25) is 0 Å². The molecule has 1 saturated carbocycles. The number of cyclic esters (lactones) is 1. The average molecular weight is 465 g/mol. The van der Waals surface area contributed by atoms with E-state index in [-0.39, 0.29) is 18.0 Å². The van der Waals surface area contributed by atoms with Crippen LogP contribution < -0.4 is 9.80 Å². The van der Waals surface area contributed by atoms with Gasteiger partial charge in [0, 0.05) is 50.7 Å². The minimum absolute atomic E-state index is 0.0231. The normalized spacial score (nSPS) is 20.6. The van der Waals surface area contributed by atoms with Gasteiger partial charge in [0.25, 0.3) is 5.91 Å². The molecule has 8 heteroatoms. The number of aryl methyl sites for hydroxylation is 2. The number of nitrogens with zero attached hydrogens (tertiary/aromatic N) is 4. The van der Waals surface area contributed by atoms with Crippen molar-refractivity contribution in [3.63, 3.8) is 0 Å². The van der Waals surface area contributed by atoms with Crippen molar-refractivity contribution in [2.75, 3.05) is 56.3 Å². The molecule has 5 rings (SSSR count). The number of aromatic nitrogens is 1. The Hall–Kier alpha value is -3.13. The third-order valence-corrected chi connectivity index (χ3v) is 7.03. The zero-order valence-electron chi connectivity index (χ0n) is 20.1. The number of methoxy groups -OCH3 is 1. The molecule has 3 fully saturated rings. The second-order valence-electron chi connectivity index (χ2n) is 9.52. The largest absolute Gasteiger partial charge is 0.447 e. The Bertz CT molecular complexity index is 1090. The summed E-state index contributed by atoms with van der Waals surface area (Å²) in [6.07, 6.45) is 4.19. The molecule has 0 spiro atoms. The van der Waals surface area contributed by atoms with Gasteiger partial charge in [-0.05, 0) is 67.5 Å². The van der Waals surface area contributed by atoms with Gasteiger partial charge in [-0.2, -0.15) is 0 Å². The third-order valence-electron chi connectivity index (χ3n) is 7.03. The molecule has 0 N–H and O–H groups in total. The topological polar surface area (TPSA) is 75.2 Å². The highest BCUT2D eigenvalue weighted by Crippen LogP contribution is 2.40. The minimum Gasteiger partial charge on any atom is -0.447 e. The van der Waals surface area contributed by atoms with Gasteiger partial charge in [-0.3, -0.25) is 9.69 Å². The van der Waals surface area contributed by atoms with Gasteiger partial charge in [-0.1, -0.05) is 6.07 Å². The Morgan fingerprint density at radius 2 is 1.88 bits per heavy atom. The summed E-state index contributed by atoms with van der Waals surface area (Å²) in [4.78, 5) is 36.1. The van der Waals surface area contributed by atoms with E-state index in [2.05, 4.69) is 17.9 Å². The van der Waals surface area contributed by atoms with E-state index in [0.29, 0.717) is 37.8 Å². The van der Waals surface area contributed by atoms with Crippen LogP contribution in [-0.2, 0) is 9.47 Å². The van der Waals surface area contributed by atoms with Gasteiger partial charge in [0.2, 0.25) is 0 Å². The number of piperazine rings is 1. The molecule has 1 aromatic heterocycles. The van der Waals surface area contributed by atoms with Crippen LogP contribution >= 0.6 is 0 Å². The van der Waals surface area contributed by atoms with Gasteiger partial charge in [-0.25, -0.2) is 9.78 Å². The summed E-state index contributed by atoms with van der Waals surface area (Å²) >= 11 is 0. The molecule has 180 valence electrons. The van der Waals surface area contributed by atoms with Gasteiger partial charge in [0.15, 0.2) is 0 Å². The molecule has 2 aliphatic heterocycles. The van der Waals surface area contributed by atoms with E-state index in [4.69, 9.17) is 14.5 Å². The first-order valence-corrected chi connectivity index (χ1v) is 12.0. The summed E-state index contributed by atoms with van der Waals surface area (Å²) in [5, 5.41) is 0. The van der Waals surface area contributed by atoms with Crippen molar-refractivity contribution in [3.05, 3.63) is 52.7 Å². The number of hydrogen-bond acceptors (Lipinski definition) is 6. The number of amides is 2. The smallest absolute Gasteiger partial charge is 0.414 e. The average Bonchev–Trinajstić information content (AvgIpc) is 3.62. The maximum Gasteiger partial charge on any atom is 0.414 e. The molecule has 2 saturated heterocycles. The fourth-order valence-electron chi connectivity index (χ4n) is 4.98. The zero-order chi connectivity index (χ0) is 23.8. The fourth-order valence-corrected chi connectivity index (χ4v) is 4.98. The highest BCUT2D eigenvalue weighted by molar-refractivity contribution is 5.97. The number of carbonyl (C=O) groups excluding carboxylic acids is 2. The second kappa shape index (κ2) is 9.25. The van der Waals surface area contributed by atoms with Gasteiger partial charge >= 0.3 is 6.09 Å². The van der Waals surface area contributed by atoms with Crippen molar-refractivity contribution in [1.29, 1.82) is 0 Å². The Kier molecular flexibility index (Phi) is 6.16. The molecule has 0 bridgehead atoms. The van der Waals surface area contributed by atoms with Crippen LogP contribution in [0.5, 0.6) is 0 Å². The quantitative estimate of drug-likeness (QED) is 0.651. The van der Waals surface area contributed by atoms with Crippen LogP contribution in [0.1, 0.15) is 45.8 Å². The van der Waals surface area contributed by atoms with Crippen molar-refractivity contribution in [3.8, 4) is 0 Å². The second-order valence-corrected chi connectivity index (χ2v) is 9.52. The lowest BCUT2D eigenvalue weighted by molar-refractivity contribution is 0.0745. The van der Waals surface area contributed by atoms with E-state index in [1.165, 1.54) is 24.0 Å². The zero-order valence-corrected chi connectivity index (χ0v) is 20.1. The molecule has 2 amide bonds. The maximum atomic E-state index is 13.3. The van der Waals surface area contributed by atoms with Crippen LogP contribution in [0.3, 0.4) is 0 Å². The van der Waals surface area contributed by atoms with E-state index in [1.807, 2.05) is 36.2 Å². The molecule has 3 heterocycles. The van der Waals surface area contributed by atoms with Crippen molar-refractivity contribution < 1.29 is 19.1 Å². The van der Waals surface area contributed by atoms with E-state index < -0.39 is 0 Å². The molecule has 3 aliphatic rings. The molecular weight excluding hydrogens is 432 g/mol. The Morgan fingerprint density at radius 3 is 2.53 bits per heavy atom. The number of rotatable bonds is 6. The van der Waals surface area contributed by atoms with Gasteiger partial charge < -0.3 is 19.3 Å². The first kappa shape index (κ1) is 22.7. The van der Waals surface area contributed by atoms with Crippen LogP contribution in [-0.4, -0.2) is 74.4 Å². The molecule has 0 unspecified atom stereocenters. The first-order valence-electron chi connectivity index (χ1n) is 12.0. The van der Waals surface area contributed by atoms with Gasteiger partial charge in [0.1, 0.15) is 12.4 Å². The predicted molar refractivity (Wildman–Crippen MR) is 130 cm³/mol. The summed E-state index contributed by atoms with van der Waals surface area (Å²) < 4.78 is 10.4. The summed E-state index contributed by atoms with van der Waals surface area (Å²) in [6.45, 7) is 7.56. The summed E-state index contributed by atoms with van der Waals surface area (Å²) in [7, 11) is 1.61. The highest BCUT2D eigenvalue weighted by Gasteiger charge is 2.35. The minimum atomic E-state index is -0.384. The van der Waals surface area contributed by atoms with E-state index >= 15 is 0 Å². The SMILES string of the molecule is COC[C@@H]1COC(=O)N1c1ccc(C(=O)N2CCN(c3ncc(C4CC4)cc3C)CC2)c(C)c1. The molecular formula is C26H32N4O4. The Labute approximate surface area is 200 Å². The number of ether oxygens (including phenoxy) is 2.